The highest BCUT2D eigenvalue weighted by Gasteiger charge is 2.25. The number of nitrogens with one attached hydrogen (secondary N) is 1. The maximum Gasteiger partial charge on any atom is 0.267 e. The second kappa shape index (κ2) is 7.74. The van der Waals surface area contributed by atoms with Crippen LogP contribution in [0.5, 0.6) is 0 Å². The molecule has 2 amide bonds. The molecule has 1 aromatic carbocycles. The molecular weight excluding hydrogens is 318 g/mol. The van der Waals surface area contributed by atoms with Gasteiger partial charge in [0.05, 0.1) is 12.9 Å². The Kier molecular flexibility index (Phi) is 5.23. The van der Waals surface area contributed by atoms with Gasteiger partial charge in [-0.25, -0.2) is 9.99 Å². The van der Waals surface area contributed by atoms with E-state index in [1.807, 2.05) is 48.0 Å². The average Bonchev–Trinajstić information content (AvgIpc) is 3.10. The maximum absolute atomic E-state index is 12.4. The molecule has 7 heteroatoms. The molecule has 1 aliphatic rings. The SMILES string of the molecule is C[C@H](Cn1ccnc1)NC(=O)C1=NN(Cc2ccccc2)C(=O)CC1. The van der Waals surface area contributed by atoms with Crippen LogP contribution in [0.3, 0.4) is 0 Å². The van der Waals surface area contributed by atoms with Crippen LogP contribution in [0.15, 0.2) is 54.2 Å². The van der Waals surface area contributed by atoms with E-state index in [9.17, 15) is 9.59 Å². The first-order valence-corrected chi connectivity index (χ1v) is 8.30. The van der Waals surface area contributed by atoms with Gasteiger partial charge in [0.1, 0.15) is 5.71 Å². The Labute approximate surface area is 146 Å². The van der Waals surface area contributed by atoms with E-state index in [1.165, 1.54) is 5.01 Å². The van der Waals surface area contributed by atoms with Crippen LogP contribution in [0.25, 0.3) is 0 Å². The van der Waals surface area contributed by atoms with Crippen molar-refractivity contribution in [2.45, 2.75) is 38.9 Å². The van der Waals surface area contributed by atoms with E-state index in [4.69, 9.17) is 0 Å². The molecule has 0 unspecified atom stereocenters. The van der Waals surface area contributed by atoms with Crippen LogP contribution in [-0.2, 0) is 22.7 Å². The Bertz CT molecular complexity index is 755. The summed E-state index contributed by atoms with van der Waals surface area (Å²) in [4.78, 5) is 28.5. The predicted molar refractivity (Wildman–Crippen MR) is 93.5 cm³/mol. The number of aromatic nitrogens is 2. The Balaban J connectivity index is 1.62. The first-order valence-electron chi connectivity index (χ1n) is 8.30. The van der Waals surface area contributed by atoms with Gasteiger partial charge < -0.3 is 9.88 Å². The second-order valence-corrected chi connectivity index (χ2v) is 6.12. The molecule has 3 rings (SSSR count). The molecule has 0 saturated carbocycles. The van der Waals surface area contributed by atoms with Gasteiger partial charge in [0.2, 0.25) is 5.91 Å². The molecule has 0 fully saturated rings. The van der Waals surface area contributed by atoms with Gasteiger partial charge in [0.25, 0.3) is 5.91 Å². The minimum atomic E-state index is -0.224. The molecule has 0 bridgehead atoms. The summed E-state index contributed by atoms with van der Waals surface area (Å²) in [7, 11) is 0. The molecule has 1 aliphatic heterocycles. The van der Waals surface area contributed by atoms with Crippen LogP contribution < -0.4 is 5.32 Å². The zero-order valence-electron chi connectivity index (χ0n) is 14.1. The number of benzene rings is 1. The van der Waals surface area contributed by atoms with Crippen LogP contribution in [0, 0.1) is 0 Å². The van der Waals surface area contributed by atoms with Crippen molar-refractivity contribution < 1.29 is 9.59 Å². The van der Waals surface area contributed by atoms with Gasteiger partial charge in [-0.3, -0.25) is 9.59 Å². The van der Waals surface area contributed by atoms with E-state index in [0.717, 1.165) is 5.56 Å². The summed E-state index contributed by atoms with van der Waals surface area (Å²) in [5.41, 5.74) is 1.38. The van der Waals surface area contributed by atoms with Crippen molar-refractivity contribution in [3.05, 3.63) is 54.6 Å². The van der Waals surface area contributed by atoms with Crippen molar-refractivity contribution >= 4 is 17.5 Å². The topological polar surface area (TPSA) is 79.6 Å². The number of hydrogen-bond acceptors (Lipinski definition) is 4. The molecule has 1 aromatic heterocycles. The van der Waals surface area contributed by atoms with E-state index in [2.05, 4.69) is 15.4 Å². The Hall–Kier alpha value is -2.96. The lowest BCUT2D eigenvalue weighted by Gasteiger charge is -2.24. The van der Waals surface area contributed by atoms with E-state index < -0.39 is 0 Å². The second-order valence-electron chi connectivity index (χ2n) is 6.12. The van der Waals surface area contributed by atoms with E-state index in [0.29, 0.717) is 31.6 Å². The van der Waals surface area contributed by atoms with Crippen molar-refractivity contribution in [1.29, 1.82) is 0 Å². The average molecular weight is 339 g/mol. The molecule has 2 heterocycles. The smallest absolute Gasteiger partial charge is 0.267 e. The fraction of sp³-hybridized carbons (Fsp3) is 0.333. The zero-order valence-corrected chi connectivity index (χ0v) is 14.1. The molecule has 0 aliphatic carbocycles. The number of hydrazone groups is 1. The zero-order chi connectivity index (χ0) is 17.6. The number of carbonyl (C=O) groups is 2. The van der Waals surface area contributed by atoms with Crippen molar-refractivity contribution in [1.82, 2.24) is 19.9 Å². The van der Waals surface area contributed by atoms with Gasteiger partial charge in [0, 0.05) is 37.8 Å². The number of amides is 2. The van der Waals surface area contributed by atoms with E-state index in [1.54, 1.807) is 12.5 Å². The summed E-state index contributed by atoms with van der Waals surface area (Å²) in [5.74, 6) is -0.287. The van der Waals surface area contributed by atoms with Crippen LogP contribution in [-0.4, -0.2) is 38.1 Å². The largest absolute Gasteiger partial charge is 0.347 e. The molecular formula is C18H21N5O2. The molecule has 25 heavy (non-hydrogen) atoms. The van der Waals surface area contributed by atoms with Gasteiger partial charge in [-0.1, -0.05) is 30.3 Å². The lowest BCUT2D eigenvalue weighted by atomic mass is 10.1. The number of nitrogens with zero attached hydrogens (tertiary/aromatic N) is 4. The fourth-order valence-electron chi connectivity index (χ4n) is 2.71. The van der Waals surface area contributed by atoms with Crippen molar-refractivity contribution in [3.8, 4) is 0 Å². The Morgan fingerprint density at radius 2 is 2.08 bits per heavy atom. The van der Waals surface area contributed by atoms with Crippen molar-refractivity contribution in [3.63, 3.8) is 0 Å². The summed E-state index contributed by atoms with van der Waals surface area (Å²) >= 11 is 0. The van der Waals surface area contributed by atoms with Crippen molar-refractivity contribution in [2.75, 3.05) is 0 Å². The summed E-state index contributed by atoms with van der Waals surface area (Å²) in [5, 5.41) is 8.59. The van der Waals surface area contributed by atoms with Gasteiger partial charge in [-0.15, -0.1) is 0 Å². The summed E-state index contributed by atoms with van der Waals surface area (Å²) < 4.78 is 1.90. The predicted octanol–water partition coefficient (Wildman–Crippen LogP) is 1.57. The standard InChI is InChI=1S/C18H21N5O2/c1-14(11-22-10-9-19-13-22)20-18(25)16-7-8-17(24)23(21-16)12-15-5-3-2-4-6-15/h2-6,9-10,13-14H,7-8,11-12H2,1H3,(H,20,25)/t14-/m1/s1. The fourth-order valence-corrected chi connectivity index (χ4v) is 2.71. The number of hydrogen-bond donors (Lipinski definition) is 1. The van der Waals surface area contributed by atoms with Crippen molar-refractivity contribution in [2.24, 2.45) is 5.10 Å². The summed E-state index contributed by atoms with van der Waals surface area (Å²) in [6.07, 6.45) is 5.93. The minimum Gasteiger partial charge on any atom is -0.347 e. The third kappa shape index (κ3) is 4.53. The lowest BCUT2D eigenvalue weighted by Crippen LogP contribution is -2.43. The highest BCUT2D eigenvalue weighted by molar-refractivity contribution is 6.39. The van der Waals surface area contributed by atoms with Crippen LogP contribution in [0.2, 0.25) is 0 Å². The van der Waals surface area contributed by atoms with Gasteiger partial charge in [0.15, 0.2) is 0 Å². The maximum atomic E-state index is 12.4. The lowest BCUT2D eigenvalue weighted by molar-refractivity contribution is -0.132. The van der Waals surface area contributed by atoms with Gasteiger partial charge in [-0.05, 0) is 12.5 Å². The quantitative estimate of drug-likeness (QED) is 0.867. The molecule has 2 aromatic rings. The third-order valence-corrected chi connectivity index (χ3v) is 3.96. The molecule has 130 valence electrons. The first kappa shape index (κ1) is 16.9. The Morgan fingerprint density at radius 3 is 2.80 bits per heavy atom. The number of carbonyl (C=O) groups excluding carboxylic acids is 2. The highest BCUT2D eigenvalue weighted by Crippen LogP contribution is 2.13. The monoisotopic (exact) mass is 339 g/mol. The van der Waals surface area contributed by atoms with E-state index in [-0.39, 0.29) is 17.9 Å². The summed E-state index contributed by atoms with van der Waals surface area (Å²) in [6, 6.07) is 9.56. The highest BCUT2D eigenvalue weighted by atomic mass is 16.2. The molecule has 1 atom stereocenters. The molecule has 1 N–H and O–H groups in total. The van der Waals surface area contributed by atoms with E-state index >= 15 is 0 Å². The molecule has 0 spiro atoms. The number of imidazole rings is 1. The summed E-state index contributed by atoms with van der Waals surface area (Å²) in [6.45, 7) is 2.93. The minimum absolute atomic E-state index is 0.0631. The van der Waals surface area contributed by atoms with Gasteiger partial charge in [-0.2, -0.15) is 5.10 Å². The third-order valence-electron chi connectivity index (χ3n) is 3.96. The van der Waals surface area contributed by atoms with Crippen LogP contribution >= 0.6 is 0 Å². The number of rotatable bonds is 6. The molecule has 0 saturated heterocycles. The van der Waals surface area contributed by atoms with Crippen LogP contribution in [0.4, 0.5) is 0 Å². The Morgan fingerprint density at radius 1 is 1.28 bits per heavy atom. The van der Waals surface area contributed by atoms with Gasteiger partial charge >= 0.3 is 0 Å². The normalized spacial score (nSPS) is 15.6. The molecule has 7 nitrogen and oxygen atoms in total. The first-order chi connectivity index (χ1) is 12.1. The molecule has 0 radical (unpaired) electrons. The van der Waals surface area contributed by atoms with Crippen LogP contribution in [0.1, 0.15) is 25.3 Å².